The maximum Gasteiger partial charge on any atom is 0.158 e. The lowest BCUT2D eigenvalue weighted by atomic mass is 10.2. The van der Waals surface area contributed by atoms with Gasteiger partial charge in [0.1, 0.15) is 0 Å². The van der Waals surface area contributed by atoms with Gasteiger partial charge in [0.15, 0.2) is 6.29 Å². The van der Waals surface area contributed by atoms with E-state index in [4.69, 9.17) is 9.47 Å². The summed E-state index contributed by atoms with van der Waals surface area (Å²) in [6.45, 7) is 1.50. The lowest BCUT2D eigenvalue weighted by Crippen LogP contribution is -2.09. The van der Waals surface area contributed by atoms with Crippen LogP contribution < -0.4 is 0 Å². The Bertz CT molecular complexity index is 240. The molecule has 1 aliphatic rings. The quantitative estimate of drug-likeness (QED) is 0.707. The third-order valence-corrected chi connectivity index (χ3v) is 2.17. The minimum Gasteiger partial charge on any atom is -0.353 e. The summed E-state index contributed by atoms with van der Waals surface area (Å²) in [4.78, 5) is 0. The van der Waals surface area contributed by atoms with Crippen LogP contribution in [0.5, 0.6) is 0 Å². The van der Waals surface area contributed by atoms with Gasteiger partial charge >= 0.3 is 0 Å². The molecule has 1 aliphatic heterocycles. The topological polar surface area (TPSA) is 18.5 Å². The fourth-order valence-corrected chi connectivity index (χ4v) is 1.44. The summed E-state index contributed by atoms with van der Waals surface area (Å²) in [6, 6.07) is 10.2. The number of hydrogen-bond donors (Lipinski definition) is 0. The molecule has 1 heterocycles. The minimum atomic E-state index is 0.0280. The Hall–Kier alpha value is -0.860. The van der Waals surface area contributed by atoms with E-state index in [0.717, 1.165) is 19.4 Å². The van der Waals surface area contributed by atoms with E-state index >= 15 is 0 Å². The van der Waals surface area contributed by atoms with Crippen molar-refractivity contribution in [1.82, 2.24) is 0 Å². The maximum absolute atomic E-state index is 5.57. The highest BCUT2D eigenvalue weighted by Crippen LogP contribution is 2.14. The molecule has 1 unspecified atom stereocenters. The van der Waals surface area contributed by atoms with Gasteiger partial charge in [-0.2, -0.15) is 0 Å². The first-order valence-corrected chi connectivity index (χ1v) is 4.72. The summed E-state index contributed by atoms with van der Waals surface area (Å²) in [5.41, 5.74) is 1.21. The Morgan fingerprint density at radius 3 is 2.85 bits per heavy atom. The van der Waals surface area contributed by atoms with Crippen molar-refractivity contribution in [3.05, 3.63) is 35.9 Å². The first kappa shape index (κ1) is 8.73. The first-order valence-electron chi connectivity index (χ1n) is 4.72. The summed E-state index contributed by atoms with van der Waals surface area (Å²) in [5, 5.41) is 0. The number of ether oxygens (including phenoxy) is 2. The van der Waals surface area contributed by atoms with Crippen LogP contribution in [0.4, 0.5) is 0 Å². The summed E-state index contributed by atoms with van der Waals surface area (Å²) >= 11 is 0. The molecule has 1 atom stereocenters. The Balaban J connectivity index is 1.79. The summed E-state index contributed by atoms with van der Waals surface area (Å²) in [5.74, 6) is 0. The van der Waals surface area contributed by atoms with Crippen molar-refractivity contribution in [2.24, 2.45) is 0 Å². The lowest BCUT2D eigenvalue weighted by molar-refractivity contribution is -0.118. The second-order valence-corrected chi connectivity index (χ2v) is 3.24. The normalized spacial score (nSPS) is 22.0. The van der Waals surface area contributed by atoms with Crippen LogP contribution in [0.3, 0.4) is 0 Å². The summed E-state index contributed by atoms with van der Waals surface area (Å²) in [7, 11) is 0. The fourth-order valence-electron chi connectivity index (χ4n) is 1.44. The third-order valence-electron chi connectivity index (χ3n) is 2.17. The highest BCUT2D eigenvalue weighted by Gasteiger charge is 2.15. The molecule has 0 bridgehead atoms. The highest BCUT2D eigenvalue weighted by atomic mass is 16.7. The molecule has 0 aromatic heterocycles. The summed E-state index contributed by atoms with van der Waals surface area (Å²) < 4.78 is 10.9. The smallest absolute Gasteiger partial charge is 0.158 e. The molecule has 2 heteroatoms. The van der Waals surface area contributed by atoms with Crippen LogP contribution in [-0.2, 0) is 16.1 Å². The Labute approximate surface area is 78.5 Å². The van der Waals surface area contributed by atoms with Gasteiger partial charge in [-0.25, -0.2) is 0 Å². The van der Waals surface area contributed by atoms with Crippen molar-refractivity contribution in [3.63, 3.8) is 0 Å². The zero-order valence-electron chi connectivity index (χ0n) is 7.61. The first-order chi connectivity index (χ1) is 6.45. The minimum absolute atomic E-state index is 0.0280. The number of rotatable bonds is 3. The van der Waals surface area contributed by atoms with Crippen molar-refractivity contribution in [2.75, 3.05) is 6.61 Å². The molecule has 2 rings (SSSR count). The standard InChI is InChI=1S/C11H14O2/c1-2-5-10(6-3-1)9-13-11-7-4-8-12-11/h1-3,5-6,11H,4,7-9H2. The molecule has 1 aromatic carbocycles. The van der Waals surface area contributed by atoms with Crippen LogP contribution in [0.15, 0.2) is 30.3 Å². The van der Waals surface area contributed by atoms with Gasteiger partial charge in [0, 0.05) is 13.0 Å². The molecule has 0 saturated carbocycles. The van der Waals surface area contributed by atoms with Gasteiger partial charge in [-0.1, -0.05) is 30.3 Å². The van der Waals surface area contributed by atoms with Crippen molar-refractivity contribution in [2.45, 2.75) is 25.7 Å². The fraction of sp³-hybridized carbons (Fsp3) is 0.455. The van der Waals surface area contributed by atoms with Gasteiger partial charge in [0.2, 0.25) is 0 Å². The predicted octanol–water partition coefficient (Wildman–Crippen LogP) is 2.34. The molecule has 0 N–H and O–H groups in total. The van der Waals surface area contributed by atoms with Gasteiger partial charge in [0.25, 0.3) is 0 Å². The van der Waals surface area contributed by atoms with E-state index in [1.54, 1.807) is 0 Å². The molecule has 0 spiro atoms. The SMILES string of the molecule is c1ccc(COC2CCCO2)cc1. The van der Waals surface area contributed by atoms with E-state index in [-0.39, 0.29) is 6.29 Å². The Morgan fingerprint density at radius 2 is 2.15 bits per heavy atom. The number of hydrogen-bond acceptors (Lipinski definition) is 2. The molecule has 0 radical (unpaired) electrons. The Kier molecular flexibility index (Phi) is 2.95. The van der Waals surface area contributed by atoms with E-state index in [1.807, 2.05) is 18.2 Å². The zero-order valence-corrected chi connectivity index (χ0v) is 7.61. The maximum atomic E-state index is 5.57. The molecular weight excluding hydrogens is 164 g/mol. The van der Waals surface area contributed by atoms with Gasteiger partial charge in [-0.15, -0.1) is 0 Å². The molecule has 0 aliphatic carbocycles. The second-order valence-electron chi connectivity index (χ2n) is 3.24. The van der Waals surface area contributed by atoms with E-state index < -0.39 is 0 Å². The largest absolute Gasteiger partial charge is 0.353 e. The Morgan fingerprint density at radius 1 is 1.31 bits per heavy atom. The van der Waals surface area contributed by atoms with Crippen molar-refractivity contribution in [3.8, 4) is 0 Å². The van der Waals surface area contributed by atoms with Crippen LogP contribution >= 0.6 is 0 Å². The molecule has 70 valence electrons. The van der Waals surface area contributed by atoms with E-state index in [9.17, 15) is 0 Å². The van der Waals surface area contributed by atoms with Crippen molar-refractivity contribution < 1.29 is 9.47 Å². The molecule has 1 fully saturated rings. The average molecular weight is 178 g/mol. The van der Waals surface area contributed by atoms with Crippen LogP contribution in [0.2, 0.25) is 0 Å². The second kappa shape index (κ2) is 4.40. The molecular formula is C11H14O2. The van der Waals surface area contributed by atoms with Crippen LogP contribution in [0.1, 0.15) is 18.4 Å². The molecule has 1 saturated heterocycles. The van der Waals surface area contributed by atoms with E-state index in [0.29, 0.717) is 6.61 Å². The predicted molar refractivity (Wildman–Crippen MR) is 50.2 cm³/mol. The average Bonchev–Trinajstić information content (AvgIpc) is 2.69. The van der Waals surface area contributed by atoms with Crippen LogP contribution in [-0.4, -0.2) is 12.9 Å². The van der Waals surface area contributed by atoms with Gasteiger partial charge < -0.3 is 9.47 Å². The molecule has 0 amide bonds. The van der Waals surface area contributed by atoms with E-state index in [2.05, 4.69) is 12.1 Å². The molecule has 1 aromatic rings. The summed E-state index contributed by atoms with van der Waals surface area (Å²) in [6.07, 6.45) is 2.19. The molecule has 2 nitrogen and oxygen atoms in total. The molecule has 13 heavy (non-hydrogen) atoms. The number of benzene rings is 1. The van der Waals surface area contributed by atoms with Crippen molar-refractivity contribution >= 4 is 0 Å². The van der Waals surface area contributed by atoms with Gasteiger partial charge in [-0.3, -0.25) is 0 Å². The van der Waals surface area contributed by atoms with Gasteiger partial charge in [-0.05, 0) is 12.0 Å². The van der Waals surface area contributed by atoms with Crippen molar-refractivity contribution in [1.29, 1.82) is 0 Å². The highest BCUT2D eigenvalue weighted by molar-refractivity contribution is 5.13. The third kappa shape index (κ3) is 2.54. The van der Waals surface area contributed by atoms with Crippen LogP contribution in [0.25, 0.3) is 0 Å². The van der Waals surface area contributed by atoms with Crippen LogP contribution in [0, 0.1) is 0 Å². The van der Waals surface area contributed by atoms with Gasteiger partial charge in [0.05, 0.1) is 6.61 Å². The zero-order chi connectivity index (χ0) is 8.93. The van der Waals surface area contributed by atoms with E-state index in [1.165, 1.54) is 5.56 Å². The lowest BCUT2D eigenvalue weighted by Gasteiger charge is -2.10. The monoisotopic (exact) mass is 178 g/mol.